The van der Waals surface area contributed by atoms with Crippen molar-refractivity contribution in [3.63, 3.8) is 0 Å². The Morgan fingerprint density at radius 3 is 2.76 bits per heavy atom. The maximum Gasteiger partial charge on any atom is 0.254 e. The van der Waals surface area contributed by atoms with E-state index in [1.54, 1.807) is 22.7 Å². The smallest absolute Gasteiger partial charge is 0.254 e. The summed E-state index contributed by atoms with van der Waals surface area (Å²) in [5.41, 5.74) is 8.01. The molecule has 2 N–H and O–H groups in total. The van der Waals surface area contributed by atoms with Crippen LogP contribution in [-0.2, 0) is 0 Å². The fraction of sp³-hybridized carbons (Fsp3) is 0.462. The van der Waals surface area contributed by atoms with Crippen LogP contribution < -0.4 is 5.73 Å². The second-order valence-corrected chi connectivity index (χ2v) is 5.21. The summed E-state index contributed by atoms with van der Waals surface area (Å²) in [6.45, 7) is 3.98. The van der Waals surface area contributed by atoms with Crippen LogP contribution in [-0.4, -0.2) is 35.9 Å². The Morgan fingerprint density at radius 1 is 1.53 bits per heavy atom. The number of hydrogen-bond acceptors (Lipinski definition) is 3. The van der Waals surface area contributed by atoms with E-state index in [1.165, 1.54) is 0 Å². The van der Waals surface area contributed by atoms with Gasteiger partial charge in [0.15, 0.2) is 0 Å². The zero-order chi connectivity index (χ0) is 13.0. The summed E-state index contributed by atoms with van der Waals surface area (Å²) in [4.78, 5) is 14.1. The predicted molar refractivity (Wildman–Crippen MR) is 75.5 cm³/mol. The Kier molecular flexibility index (Phi) is 4.87. The highest BCUT2D eigenvalue weighted by Gasteiger charge is 2.18. The van der Waals surface area contributed by atoms with Crippen molar-refractivity contribution in [3.05, 3.63) is 29.3 Å². The highest BCUT2D eigenvalue weighted by molar-refractivity contribution is 7.98. The molecule has 0 radical (unpaired) electrons. The molecule has 94 valence electrons. The molecule has 1 atom stereocenters. The summed E-state index contributed by atoms with van der Waals surface area (Å²) in [5, 5.41) is 0. The van der Waals surface area contributed by atoms with Gasteiger partial charge < -0.3 is 10.6 Å². The van der Waals surface area contributed by atoms with E-state index in [2.05, 4.69) is 6.92 Å². The van der Waals surface area contributed by atoms with Crippen molar-refractivity contribution >= 4 is 23.4 Å². The molecule has 0 aliphatic carbocycles. The lowest BCUT2D eigenvalue weighted by Gasteiger charge is -2.25. The first-order valence-corrected chi connectivity index (χ1v) is 6.99. The number of amides is 1. The lowest BCUT2D eigenvalue weighted by Crippen LogP contribution is -2.37. The maximum absolute atomic E-state index is 12.3. The Hall–Kier alpha value is -1.16. The molecule has 0 spiro atoms. The number of nitrogens with two attached hydrogens (primary N) is 1. The van der Waals surface area contributed by atoms with Gasteiger partial charge in [-0.25, -0.2) is 0 Å². The fourth-order valence-electron chi connectivity index (χ4n) is 1.61. The number of carbonyl (C=O) groups excluding carboxylic acids is 1. The molecule has 0 saturated heterocycles. The SMILES string of the molecule is CSCC(C)N(C)C(=O)c1cc(N)ccc1C. The van der Waals surface area contributed by atoms with Crippen LogP contribution in [0.25, 0.3) is 0 Å². The van der Waals surface area contributed by atoms with E-state index < -0.39 is 0 Å². The molecule has 1 aromatic carbocycles. The van der Waals surface area contributed by atoms with Gasteiger partial charge in [0.05, 0.1) is 0 Å². The van der Waals surface area contributed by atoms with Crippen LogP contribution in [0, 0.1) is 6.92 Å². The summed E-state index contributed by atoms with van der Waals surface area (Å²) < 4.78 is 0. The van der Waals surface area contributed by atoms with E-state index in [1.807, 2.05) is 32.4 Å². The molecule has 0 aliphatic heterocycles. The summed E-state index contributed by atoms with van der Waals surface area (Å²) in [5.74, 6) is 0.972. The largest absolute Gasteiger partial charge is 0.399 e. The third-order valence-electron chi connectivity index (χ3n) is 2.88. The normalized spacial score (nSPS) is 12.2. The minimum Gasteiger partial charge on any atom is -0.399 e. The van der Waals surface area contributed by atoms with E-state index in [0.717, 1.165) is 11.3 Å². The van der Waals surface area contributed by atoms with E-state index in [9.17, 15) is 4.79 Å². The molecule has 0 bridgehead atoms. The van der Waals surface area contributed by atoms with Gasteiger partial charge in [-0.2, -0.15) is 11.8 Å². The Balaban J connectivity index is 2.92. The van der Waals surface area contributed by atoms with Crippen LogP contribution in [0.1, 0.15) is 22.8 Å². The number of anilines is 1. The number of benzene rings is 1. The minimum absolute atomic E-state index is 0.0383. The third-order valence-corrected chi connectivity index (χ3v) is 3.70. The molecule has 17 heavy (non-hydrogen) atoms. The predicted octanol–water partition coefficient (Wildman–Crippen LogP) is 2.40. The van der Waals surface area contributed by atoms with Gasteiger partial charge in [0.25, 0.3) is 5.91 Å². The Labute approximate surface area is 107 Å². The second-order valence-electron chi connectivity index (χ2n) is 4.29. The van der Waals surface area contributed by atoms with Gasteiger partial charge in [-0.1, -0.05) is 6.07 Å². The fourth-order valence-corrected chi connectivity index (χ4v) is 2.32. The van der Waals surface area contributed by atoms with Crippen LogP contribution in [0.2, 0.25) is 0 Å². The van der Waals surface area contributed by atoms with Crippen molar-refractivity contribution in [3.8, 4) is 0 Å². The van der Waals surface area contributed by atoms with Crippen molar-refractivity contribution in [2.75, 3.05) is 24.8 Å². The van der Waals surface area contributed by atoms with Crippen molar-refractivity contribution < 1.29 is 4.79 Å². The van der Waals surface area contributed by atoms with E-state index in [-0.39, 0.29) is 11.9 Å². The molecule has 0 saturated carbocycles. The summed E-state index contributed by atoms with van der Waals surface area (Å²) in [6, 6.07) is 5.67. The average Bonchev–Trinajstić information content (AvgIpc) is 2.30. The molecule has 0 aliphatic rings. The van der Waals surface area contributed by atoms with Crippen LogP contribution in [0.5, 0.6) is 0 Å². The first-order valence-electron chi connectivity index (χ1n) is 5.59. The van der Waals surface area contributed by atoms with Crippen molar-refractivity contribution in [1.29, 1.82) is 0 Å². The molecule has 3 nitrogen and oxygen atoms in total. The van der Waals surface area contributed by atoms with Crippen molar-refractivity contribution in [1.82, 2.24) is 4.90 Å². The quantitative estimate of drug-likeness (QED) is 0.837. The Morgan fingerprint density at radius 2 is 2.18 bits per heavy atom. The lowest BCUT2D eigenvalue weighted by molar-refractivity contribution is 0.0757. The van der Waals surface area contributed by atoms with Gasteiger partial charge in [-0.3, -0.25) is 4.79 Å². The van der Waals surface area contributed by atoms with Crippen LogP contribution in [0.3, 0.4) is 0 Å². The van der Waals surface area contributed by atoms with Gasteiger partial charge in [-0.15, -0.1) is 0 Å². The average molecular weight is 252 g/mol. The van der Waals surface area contributed by atoms with E-state index in [0.29, 0.717) is 11.3 Å². The summed E-state index contributed by atoms with van der Waals surface area (Å²) in [6.07, 6.45) is 2.04. The zero-order valence-electron chi connectivity index (χ0n) is 10.9. The second kappa shape index (κ2) is 5.96. The molecular weight excluding hydrogens is 232 g/mol. The number of hydrogen-bond donors (Lipinski definition) is 1. The highest BCUT2D eigenvalue weighted by atomic mass is 32.2. The first-order chi connectivity index (χ1) is 7.97. The maximum atomic E-state index is 12.3. The molecule has 1 aromatic rings. The summed E-state index contributed by atoms with van der Waals surface area (Å²) >= 11 is 1.74. The monoisotopic (exact) mass is 252 g/mol. The van der Waals surface area contributed by atoms with Crippen LogP contribution in [0.15, 0.2) is 18.2 Å². The molecule has 0 heterocycles. The molecule has 0 fully saturated rings. The molecule has 1 rings (SSSR count). The van der Waals surface area contributed by atoms with Gasteiger partial charge in [0, 0.05) is 30.1 Å². The van der Waals surface area contributed by atoms with Gasteiger partial charge in [-0.05, 0) is 37.8 Å². The molecule has 0 aromatic heterocycles. The number of aryl methyl sites for hydroxylation is 1. The topological polar surface area (TPSA) is 46.3 Å². The van der Waals surface area contributed by atoms with Gasteiger partial charge in [0.1, 0.15) is 0 Å². The van der Waals surface area contributed by atoms with Crippen molar-refractivity contribution in [2.45, 2.75) is 19.9 Å². The zero-order valence-corrected chi connectivity index (χ0v) is 11.7. The number of nitrogen functional groups attached to an aromatic ring is 1. The molecule has 1 amide bonds. The highest BCUT2D eigenvalue weighted by Crippen LogP contribution is 2.16. The molecule has 4 heteroatoms. The standard InChI is InChI=1S/C13H20N2OS/c1-9-5-6-11(14)7-12(9)13(16)15(3)10(2)8-17-4/h5-7,10H,8,14H2,1-4H3. The van der Waals surface area contributed by atoms with E-state index in [4.69, 9.17) is 5.73 Å². The van der Waals surface area contributed by atoms with Crippen molar-refractivity contribution in [2.24, 2.45) is 0 Å². The van der Waals surface area contributed by atoms with E-state index >= 15 is 0 Å². The van der Waals surface area contributed by atoms with Gasteiger partial charge in [0.2, 0.25) is 0 Å². The molecular formula is C13H20N2OS. The number of thioether (sulfide) groups is 1. The lowest BCUT2D eigenvalue weighted by atomic mass is 10.1. The van der Waals surface area contributed by atoms with Gasteiger partial charge >= 0.3 is 0 Å². The van der Waals surface area contributed by atoms with Crippen LogP contribution in [0.4, 0.5) is 5.69 Å². The number of nitrogens with zero attached hydrogens (tertiary/aromatic N) is 1. The Bertz CT molecular complexity index is 406. The molecule has 1 unspecified atom stereocenters. The third kappa shape index (κ3) is 3.40. The number of rotatable bonds is 4. The number of carbonyl (C=O) groups is 1. The summed E-state index contributed by atoms with van der Waals surface area (Å²) in [7, 11) is 1.84. The van der Waals surface area contributed by atoms with Crippen LogP contribution >= 0.6 is 11.8 Å². The minimum atomic E-state index is 0.0383. The first kappa shape index (κ1) is 13.9.